The maximum absolute atomic E-state index is 13.9. The highest BCUT2D eigenvalue weighted by Gasteiger charge is 2.33. The molecule has 0 heterocycles. The third-order valence-corrected chi connectivity index (χ3v) is 8.20. The standard InChI is InChI=1S/C27H29Cl2N3O4S/c1-4-24(27(34)30-3)31(17-20-10-12-21(28)13-11-20)26(33)18-32(25-15-14-22(29)16-19(25)2)37(35,36)23-8-6-5-7-9-23/h5-16,24H,4,17-18H2,1-3H3,(H,30,34). The first-order valence-corrected chi connectivity index (χ1v) is 13.9. The minimum atomic E-state index is -4.13. The molecule has 0 spiro atoms. The minimum Gasteiger partial charge on any atom is -0.357 e. The zero-order valence-electron chi connectivity index (χ0n) is 20.8. The summed E-state index contributed by atoms with van der Waals surface area (Å²) in [6.45, 7) is 3.11. The smallest absolute Gasteiger partial charge is 0.264 e. The number of sulfonamides is 1. The molecule has 0 saturated heterocycles. The van der Waals surface area contributed by atoms with Crippen molar-refractivity contribution in [2.45, 2.75) is 37.8 Å². The average molecular weight is 563 g/mol. The fraction of sp³-hybridized carbons (Fsp3) is 0.259. The van der Waals surface area contributed by atoms with Crippen LogP contribution in [0.3, 0.4) is 0 Å². The van der Waals surface area contributed by atoms with Gasteiger partial charge in [0.25, 0.3) is 10.0 Å². The molecule has 2 amide bonds. The van der Waals surface area contributed by atoms with Crippen molar-refractivity contribution in [2.75, 3.05) is 17.9 Å². The predicted molar refractivity (Wildman–Crippen MR) is 147 cm³/mol. The highest BCUT2D eigenvalue weighted by Crippen LogP contribution is 2.29. The lowest BCUT2D eigenvalue weighted by atomic mass is 10.1. The summed E-state index contributed by atoms with van der Waals surface area (Å²) in [7, 11) is -2.63. The summed E-state index contributed by atoms with van der Waals surface area (Å²) in [4.78, 5) is 28.0. The van der Waals surface area contributed by atoms with Crippen molar-refractivity contribution in [3.63, 3.8) is 0 Å². The van der Waals surface area contributed by atoms with Gasteiger partial charge in [0.05, 0.1) is 10.6 Å². The van der Waals surface area contributed by atoms with E-state index in [2.05, 4.69) is 5.32 Å². The van der Waals surface area contributed by atoms with Crippen molar-refractivity contribution >= 4 is 50.7 Å². The molecule has 0 aliphatic rings. The van der Waals surface area contributed by atoms with Crippen LogP contribution in [0.15, 0.2) is 77.7 Å². The first-order chi connectivity index (χ1) is 17.6. The molecule has 3 aromatic carbocycles. The Morgan fingerprint density at radius 1 is 0.946 bits per heavy atom. The van der Waals surface area contributed by atoms with Gasteiger partial charge in [-0.25, -0.2) is 8.42 Å². The van der Waals surface area contributed by atoms with Crippen LogP contribution in [-0.4, -0.2) is 44.8 Å². The predicted octanol–water partition coefficient (Wildman–Crippen LogP) is 5.05. The van der Waals surface area contributed by atoms with E-state index >= 15 is 0 Å². The van der Waals surface area contributed by atoms with E-state index in [-0.39, 0.29) is 17.3 Å². The normalized spacial score (nSPS) is 12.0. The summed E-state index contributed by atoms with van der Waals surface area (Å²) >= 11 is 12.1. The van der Waals surface area contributed by atoms with E-state index in [0.717, 1.165) is 9.87 Å². The monoisotopic (exact) mass is 561 g/mol. The summed E-state index contributed by atoms with van der Waals surface area (Å²) in [5.74, 6) is -0.871. The molecule has 0 aromatic heterocycles. The quantitative estimate of drug-likeness (QED) is 0.375. The maximum atomic E-state index is 13.9. The lowest BCUT2D eigenvalue weighted by molar-refractivity contribution is -0.140. The lowest BCUT2D eigenvalue weighted by Crippen LogP contribution is -2.51. The molecule has 1 atom stereocenters. The van der Waals surface area contributed by atoms with Gasteiger partial charge in [-0.3, -0.25) is 13.9 Å². The third kappa shape index (κ3) is 6.83. The molecule has 0 fully saturated rings. The Hall–Kier alpha value is -3.07. The number of hydrogen-bond donors (Lipinski definition) is 1. The van der Waals surface area contributed by atoms with E-state index in [1.54, 1.807) is 74.5 Å². The second kappa shape index (κ2) is 12.4. The number of likely N-dealkylation sites (N-methyl/N-ethyl adjacent to an activating group) is 1. The number of carbonyl (C=O) groups is 2. The maximum Gasteiger partial charge on any atom is 0.264 e. The van der Waals surface area contributed by atoms with Gasteiger partial charge in [0.15, 0.2) is 0 Å². The average Bonchev–Trinajstić information content (AvgIpc) is 2.88. The Morgan fingerprint density at radius 3 is 2.14 bits per heavy atom. The number of hydrogen-bond acceptors (Lipinski definition) is 4. The fourth-order valence-corrected chi connectivity index (χ4v) is 5.86. The van der Waals surface area contributed by atoms with Gasteiger partial charge in [-0.1, -0.05) is 60.5 Å². The summed E-state index contributed by atoms with van der Waals surface area (Å²) < 4.78 is 28.6. The molecule has 10 heteroatoms. The first kappa shape index (κ1) is 28.5. The van der Waals surface area contributed by atoms with Crippen LogP contribution in [0.2, 0.25) is 10.0 Å². The highest BCUT2D eigenvalue weighted by atomic mass is 35.5. The van der Waals surface area contributed by atoms with Crippen LogP contribution in [-0.2, 0) is 26.2 Å². The lowest BCUT2D eigenvalue weighted by Gasteiger charge is -2.33. The van der Waals surface area contributed by atoms with E-state index in [1.807, 2.05) is 0 Å². The largest absolute Gasteiger partial charge is 0.357 e. The Kier molecular flexibility index (Phi) is 9.59. The SMILES string of the molecule is CCC(C(=O)NC)N(Cc1ccc(Cl)cc1)C(=O)CN(c1ccc(Cl)cc1C)S(=O)(=O)c1ccccc1. The number of aryl methyl sites for hydroxylation is 1. The van der Waals surface area contributed by atoms with Gasteiger partial charge in [0.1, 0.15) is 12.6 Å². The molecule has 37 heavy (non-hydrogen) atoms. The summed E-state index contributed by atoms with van der Waals surface area (Å²) in [5.41, 5.74) is 1.66. The zero-order chi connectivity index (χ0) is 27.2. The Bertz CT molecular complexity index is 1350. The number of anilines is 1. The number of nitrogens with one attached hydrogen (secondary N) is 1. The topological polar surface area (TPSA) is 86.8 Å². The summed E-state index contributed by atoms with van der Waals surface area (Å²) in [6.07, 6.45) is 0.338. The molecule has 3 rings (SSSR count). The highest BCUT2D eigenvalue weighted by molar-refractivity contribution is 7.92. The van der Waals surface area contributed by atoms with E-state index in [1.165, 1.54) is 24.1 Å². The molecule has 1 N–H and O–H groups in total. The first-order valence-electron chi connectivity index (χ1n) is 11.7. The molecular weight excluding hydrogens is 533 g/mol. The van der Waals surface area contributed by atoms with Gasteiger partial charge >= 0.3 is 0 Å². The number of amides is 2. The number of nitrogens with zero attached hydrogens (tertiary/aromatic N) is 2. The summed E-state index contributed by atoms with van der Waals surface area (Å²) in [5, 5.41) is 3.59. The van der Waals surface area contributed by atoms with Crippen molar-refractivity contribution in [2.24, 2.45) is 0 Å². The molecule has 196 valence electrons. The zero-order valence-corrected chi connectivity index (χ0v) is 23.1. The van der Waals surface area contributed by atoms with Crippen LogP contribution in [0.4, 0.5) is 5.69 Å². The van der Waals surface area contributed by atoms with E-state index in [9.17, 15) is 18.0 Å². The summed E-state index contributed by atoms with van der Waals surface area (Å²) in [6, 6.07) is 18.8. The molecule has 1 unspecified atom stereocenters. The van der Waals surface area contributed by atoms with Crippen molar-refractivity contribution in [1.82, 2.24) is 10.2 Å². The molecule has 0 aliphatic carbocycles. The second-order valence-electron chi connectivity index (χ2n) is 8.44. The van der Waals surface area contributed by atoms with Crippen molar-refractivity contribution in [3.05, 3.63) is 94.0 Å². The van der Waals surface area contributed by atoms with Crippen LogP contribution >= 0.6 is 23.2 Å². The Balaban J connectivity index is 2.08. The number of benzene rings is 3. The number of carbonyl (C=O) groups excluding carboxylic acids is 2. The molecule has 0 radical (unpaired) electrons. The van der Waals surface area contributed by atoms with Crippen molar-refractivity contribution in [3.8, 4) is 0 Å². The van der Waals surface area contributed by atoms with E-state index < -0.39 is 28.5 Å². The third-order valence-electron chi connectivity index (χ3n) is 5.94. The van der Waals surface area contributed by atoms with E-state index in [4.69, 9.17) is 23.2 Å². The molecule has 3 aromatic rings. The van der Waals surface area contributed by atoms with Crippen LogP contribution in [0.5, 0.6) is 0 Å². The van der Waals surface area contributed by atoms with Crippen LogP contribution < -0.4 is 9.62 Å². The Labute approximate surface area is 228 Å². The van der Waals surface area contributed by atoms with Gasteiger partial charge in [-0.2, -0.15) is 0 Å². The van der Waals surface area contributed by atoms with Gasteiger partial charge < -0.3 is 10.2 Å². The van der Waals surface area contributed by atoms with Crippen molar-refractivity contribution in [1.29, 1.82) is 0 Å². The van der Waals surface area contributed by atoms with Crippen molar-refractivity contribution < 1.29 is 18.0 Å². The van der Waals surface area contributed by atoms with Gasteiger partial charge in [0.2, 0.25) is 11.8 Å². The van der Waals surface area contributed by atoms with E-state index in [0.29, 0.717) is 27.7 Å². The van der Waals surface area contributed by atoms with Gasteiger partial charge in [0, 0.05) is 23.6 Å². The van der Waals surface area contributed by atoms with Crippen LogP contribution in [0.25, 0.3) is 0 Å². The van der Waals surface area contributed by atoms with Crippen LogP contribution in [0.1, 0.15) is 24.5 Å². The number of rotatable bonds is 10. The molecule has 0 bridgehead atoms. The van der Waals surface area contributed by atoms with Gasteiger partial charge in [-0.05, 0) is 66.9 Å². The van der Waals surface area contributed by atoms with Crippen LogP contribution in [0, 0.1) is 6.92 Å². The second-order valence-corrected chi connectivity index (χ2v) is 11.2. The van der Waals surface area contributed by atoms with Gasteiger partial charge in [-0.15, -0.1) is 0 Å². The fourth-order valence-electron chi connectivity index (χ4n) is 4.00. The molecule has 0 saturated carbocycles. The molecule has 0 aliphatic heterocycles. The Morgan fingerprint density at radius 2 is 1.57 bits per heavy atom. The minimum absolute atomic E-state index is 0.0414. The number of halogens is 2. The molecule has 7 nitrogen and oxygen atoms in total. The molecular formula is C27H29Cl2N3O4S.